The monoisotopic (exact) mass is 240 g/mol. The van der Waals surface area contributed by atoms with Crippen LogP contribution >= 0.6 is 0 Å². The van der Waals surface area contributed by atoms with E-state index < -0.39 is 5.97 Å². The van der Waals surface area contributed by atoms with Crippen molar-refractivity contribution in [2.24, 2.45) is 5.92 Å². The van der Waals surface area contributed by atoms with Crippen LogP contribution in [-0.4, -0.2) is 41.6 Å². The quantitative estimate of drug-likeness (QED) is 0.715. The Labute approximate surface area is 101 Å². The lowest BCUT2D eigenvalue weighted by atomic mass is 10.0. The zero-order valence-electron chi connectivity index (χ0n) is 10.2. The fourth-order valence-electron chi connectivity index (χ4n) is 1.92. The summed E-state index contributed by atoms with van der Waals surface area (Å²) in [6.07, 6.45) is 1.74. The molecule has 0 saturated carbocycles. The Kier molecular flexibility index (Phi) is 5.00. The maximum absolute atomic E-state index is 11.7. The minimum absolute atomic E-state index is 0.0779. The summed E-state index contributed by atoms with van der Waals surface area (Å²) in [4.78, 5) is 23.9. The first-order chi connectivity index (χ1) is 7.99. The van der Waals surface area contributed by atoms with Gasteiger partial charge in [0.05, 0.1) is 0 Å². The number of rotatable bonds is 5. The summed E-state index contributed by atoms with van der Waals surface area (Å²) < 4.78 is 0. The second-order valence-corrected chi connectivity index (χ2v) is 4.65. The molecule has 2 N–H and O–H groups in total. The first-order valence-corrected chi connectivity index (χ1v) is 5.88. The van der Waals surface area contributed by atoms with Gasteiger partial charge in [0, 0.05) is 26.1 Å². The molecule has 0 spiro atoms. The topological polar surface area (TPSA) is 69.6 Å². The molecule has 1 aliphatic rings. The molecule has 1 aliphatic heterocycles. The average Bonchev–Trinajstić information content (AvgIpc) is 2.71. The molecule has 96 valence electrons. The molecule has 1 unspecified atom stereocenters. The van der Waals surface area contributed by atoms with Crippen LogP contribution in [0.3, 0.4) is 0 Å². The van der Waals surface area contributed by atoms with Gasteiger partial charge >= 0.3 is 12.0 Å². The second-order valence-electron chi connectivity index (χ2n) is 4.65. The van der Waals surface area contributed by atoms with Crippen LogP contribution in [-0.2, 0) is 4.79 Å². The SMILES string of the molecule is C=C(C)CNC(=O)N1CCC(CCC(=O)O)C1. The van der Waals surface area contributed by atoms with Crippen LogP contribution in [0.5, 0.6) is 0 Å². The van der Waals surface area contributed by atoms with Gasteiger partial charge in [-0.05, 0) is 25.7 Å². The Hall–Kier alpha value is -1.52. The van der Waals surface area contributed by atoms with Crippen LogP contribution in [0, 0.1) is 5.92 Å². The molecule has 0 aromatic rings. The highest BCUT2D eigenvalue weighted by Crippen LogP contribution is 2.20. The number of amides is 2. The summed E-state index contributed by atoms with van der Waals surface area (Å²) >= 11 is 0. The largest absolute Gasteiger partial charge is 0.481 e. The van der Waals surface area contributed by atoms with Gasteiger partial charge in [0.15, 0.2) is 0 Å². The first-order valence-electron chi connectivity index (χ1n) is 5.88. The number of carbonyl (C=O) groups is 2. The van der Waals surface area contributed by atoms with Gasteiger partial charge in [0.2, 0.25) is 0 Å². The summed E-state index contributed by atoms with van der Waals surface area (Å²) in [5.74, 6) is -0.447. The van der Waals surface area contributed by atoms with Crippen molar-refractivity contribution in [3.63, 3.8) is 0 Å². The summed E-state index contributed by atoms with van der Waals surface area (Å²) in [5.41, 5.74) is 0.917. The van der Waals surface area contributed by atoms with Crippen molar-refractivity contribution in [1.82, 2.24) is 10.2 Å². The van der Waals surface area contributed by atoms with Crippen molar-refractivity contribution >= 4 is 12.0 Å². The standard InChI is InChI=1S/C12H20N2O3/c1-9(2)7-13-12(17)14-6-5-10(8-14)3-4-11(15)16/h10H,1,3-8H2,2H3,(H,13,17)(H,15,16). The average molecular weight is 240 g/mol. The Balaban J connectivity index is 2.26. The van der Waals surface area contributed by atoms with Crippen LogP contribution < -0.4 is 5.32 Å². The van der Waals surface area contributed by atoms with Crippen molar-refractivity contribution < 1.29 is 14.7 Å². The lowest BCUT2D eigenvalue weighted by Crippen LogP contribution is -2.39. The van der Waals surface area contributed by atoms with Crippen molar-refractivity contribution in [1.29, 1.82) is 0 Å². The molecular weight excluding hydrogens is 220 g/mol. The maximum Gasteiger partial charge on any atom is 0.317 e. The normalized spacial score (nSPS) is 19.1. The number of carboxylic acids is 1. The van der Waals surface area contributed by atoms with Gasteiger partial charge < -0.3 is 15.3 Å². The van der Waals surface area contributed by atoms with E-state index in [1.807, 2.05) is 6.92 Å². The number of nitrogens with zero attached hydrogens (tertiary/aromatic N) is 1. The lowest BCUT2D eigenvalue weighted by Gasteiger charge is -2.17. The molecule has 0 aliphatic carbocycles. The number of carbonyl (C=O) groups excluding carboxylic acids is 1. The number of carboxylic acid groups (broad SMARTS) is 1. The third-order valence-electron chi connectivity index (χ3n) is 2.88. The third-order valence-corrected chi connectivity index (χ3v) is 2.88. The molecule has 0 radical (unpaired) electrons. The molecule has 17 heavy (non-hydrogen) atoms. The molecule has 5 nitrogen and oxygen atoms in total. The Morgan fingerprint density at radius 3 is 2.82 bits per heavy atom. The zero-order chi connectivity index (χ0) is 12.8. The van der Waals surface area contributed by atoms with Gasteiger partial charge in [0.25, 0.3) is 0 Å². The van der Waals surface area contributed by atoms with Crippen LogP contribution in [0.1, 0.15) is 26.2 Å². The molecular formula is C12H20N2O3. The summed E-state index contributed by atoms with van der Waals surface area (Å²) in [7, 11) is 0. The maximum atomic E-state index is 11.7. The van der Waals surface area contributed by atoms with Gasteiger partial charge in [0.1, 0.15) is 0 Å². The smallest absolute Gasteiger partial charge is 0.317 e. The van der Waals surface area contributed by atoms with Gasteiger partial charge in [-0.3, -0.25) is 4.79 Å². The fourth-order valence-corrected chi connectivity index (χ4v) is 1.92. The predicted molar refractivity (Wildman–Crippen MR) is 64.8 cm³/mol. The van der Waals surface area contributed by atoms with Gasteiger partial charge in [-0.25, -0.2) is 4.79 Å². The number of nitrogens with one attached hydrogen (secondary N) is 1. The zero-order valence-corrected chi connectivity index (χ0v) is 10.2. The fraction of sp³-hybridized carbons (Fsp3) is 0.667. The van der Waals surface area contributed by atoms with E-state index in [0.717, 1.165) is 12.0 Å². The second kappa shape index (κ2) is 6.27. The van der Waals surface area contributed by atoms with E-state index in [1.165, 1.54) is 0 Å². The summed E-state index contributed by atoms with van der Waals surface area (Å²) in [6.45, 7) is 7.45. The van der Waals surface area contributed by atoms with Gasteiger partial charge in [-0.1, -0.05) is 12.2 Å². The number of likely N-dealkylation sites (tertiary alicyclic amines) is 1. The minimum Gasteiger partial charge on any atom is -0.481 e. The minimum atomic E-state index is -0.768. The van der Waals surface area contributed by atoms with Crippen molar-refractivity contribution in [3.8, 4) is 0 Å². The molecule has 2 amide bonds. The van der Waals surface area contributed by atoms with Crippen molar-refractivity contribution in [2.75, 3.05) is 19.6 Å². The molecule has 1 saturated heterocycles. The molecule has 5 heteroatoms. The molecule has 1 fully saturated rings. The van der Waals surface area contributed by atoms with E-state index in [9.17, 15) is 9.59 Å². The molecule has 1 heterocycles. The third kappa shape index (κ3) is 4.89. The highest BCUT2D eigenvalue weighted by molar-refractivity contribution is 5.74. The number of aliphatic carboxylic acids is 1. The van der Waals surface area contributed by atoms with E-state index >= 15 is 0 Å². The van der Waals surface area contributed by atoms with Crippen molar-refractivity contribution in [3.05, 3.63) is 12.2 Å². The van der Waals surface area contributed by atoms with E-state index in [4.69, 9.17) is 5.11 Å². The molecule has 1 rings (SSSR count). The van der Waals surface area contributed by atoms with Gasteiger partial charge in [-0.2, -0.15) is 0 Å². The van der Waals surface area contributed by atoms with Crippen LogP contribution in [0.2, 0.25) is 0 Å². The molecule has 1 atom stereocenters. The summed E-state index contributed by atoms with van der Waals surface area (Å²) in [6, 6.07) is -0.0779. The van der Waals surface area contributed by atoms with Gasteiger partial charge in [-0.15, -0.1) is 0 Å². The van der Waals surface area contributed by atoms with E-state index in [1.54, 1.807) is 4.90 Å². The molecule has 0 aromatic heterocycles. The Morgan fingerprint density at radius 2 is 2.24 bits per heavy atom. The first kappa shape index (κ1) is 13.5. The predicted octanol–water partition coefficient (Wildman–Crippen LogP) is 1.46. The van der Waals surface area contributed by atoms with Crippen LogP contribution in [0.15, 0.2) is 12.2 Å². The van der Waals surface area contributed by atoms with Crippen LogP contribution in [0.4, 0.5) is 4.79 Å². The van der Waals surface area contributed by atoms with E-state index in [-0.39, 0.29) is 12.5 Å². The lowest BCUT2D eigenvalue weighted by molar-refractivity contribution is -0.137. The number of hydrogen-bond acceptors (Lipinski definition) is 2. The van der Waals surface area contributed by atoms with Crippen molar-refractivity contribution in [2.45, 2.75) is 26.2 Å². The number of hydrogen-bond donors (Lipinski definition) is 2. The highest BCUT2D eigenvalue weighted by atomic mass is 16.4. The number of urea groups is 1. The highest BCUT2D eigenvalue weighted by Gasteiger charge is 2.26. The summed E-state index contributed by atoms with van der Waals surface area (Å²) in [5, 5.41) is 11.4. The molecule has 0 bridgehead atoms. The molecule has 0 aromatic carbocycles. The van der Waals surface area contributed by atoms with Crippen LogP contribution in [0.25, 0.3) is 0 Å². The van der Waals surface area contributed by atoms with E-state index in [0.29, 0.717) is 32.0 Å². The Bertz CT molecular complexity index is 315. The van der Waals surface area contributed by atoms with E-state index in [2.05, 4.69) is 11.9 Å². The Morgan fingerprint density at radius 1 is 1.53 bits per heavy atom.